The van der Waals surface area contributed by atoms with Gasteiger partial charge in [-0.1, -0.05) is 0 Å². The molecule has 0 bridgehead atoms. The molecular weight excluding hydrogens is 565 g/mol. The minimum absolute atomic E-state index is 0.0687. The number of aromatic nitrogens is 3. The number of amides is 1. The van der Waals surface area contributed by atoms with Crippen LogP contribution in [0.15, 0.2) is 57.6 Å². The Kier molecular flexibility index (Phi) is 7.03. The Morgan fingerprint density at radius 2 is 1.89 bits per heavy atom. The van der Waals surface area contributed by atoms with E-state index in [4.69, 9.17) is 9.68 Å². The largest absolute Gasteiger partial charge is 0.435 e. The van der Waals surface area contributed by atoms with Crippen LogP contribution in [0.3, 0.4) is 0 Å². The number of nitrogens with one attached hydrogen (secondary N) is 1. The van der Waals surface area contributed by atoms with Crippen molar-refractivity contribution in [2.24, 2.45) is 5.92 Å². The Morgan fingerprint density at radius 1 is 1.16 bits per heavy atom. The van der Waals surface area contributed by atoms with Crippen molar-refractivity contribution in [2.45, 2.75) is 19.0 Å². The van der Waals surface area contributed by atoms with E-state index in [1.165, 1.54) is 0 Å². The molecule has 0 atom stereocenters. The maximum absolute atomic E-state index is 12.9. The summed E-state index contributed by atoms with van der Waals surface area (Å²) in [4.78, 5) is 26.5. The number of anilines is 1. The van der Waals surface area contributed by atoms with Crippen molar-refractivity contribution in [3.05, 3.63) is 70.0 Å². The van der Waals surface area contributed by atoms with Crippen LogP contribution in [0.2, 0.25) is 0 Å². The van der Waals surface area contributed by atoms with Crippen LogP contribution in [0, 0.1) is 17.2 Å². The van der Waals surface area contributed by atoms with E-state index in [0.29, 0.717) is 70.6 Å². The van der Waals surface area contributed by atoms with Crippen LogP contribution in [0.1, 0.15) is 34.5 Å². The van der Waals surface area contributed by atoms with Crippen molar-refractivity contribution >= 4 is 38.9 Å². The molecule has 1 amide bonds. The van der Waals surface area contributed by atoms with Gasteiger partial charge in [-0.15, -0.1) is 0 Å². The monoisotopic (exact) mass is 584 g/mol. The molecular formula is C26H20BrF3N6O2. The van der Waals surface area contributed by atoms with Crippen LogP contribution in [-0.2, 0) is 6.18 Å². The number of piperidine rings is 1. The molecule has 0 saturated carbocycles. The molecule has 2 aromatic heterocycles. The molecule has 194 valence electrons. The summed E-state index contributed by atoms with van der Waals surface area (Å²) in [5.41, 5.74) is 1.76. The van der Waals surface area contributed by atoms with Gasteiger partial charge in [-0.05, 0) is 77.2 Å². The Bertz CT molecular complexity index is 1520. The van der Waals surface area contributed by atoms with Crippen molar-refractivity contribution in [1.82, 2.24) is 20.3 Å². The summed E-state index contributed by atoms with van der Waals surface area (Å²) in [6, 6.07) is 13.1. The third-order valence-electron chi connectivity index (χ3n) is 6.35. The number of rotatable bonds is 5. The average Bonchev–Trinajstić information content (AvgIpc) is 3.36. The van der Waals surface area contributed by atoms with Crippen molar-refractivity contribution in [3.8, 4) is 17.5 Å². The Morgan fingerprint density at radius 3 is 2.58 bits per heavy atom. The second-order valence-corrected chi connectivity index (χ2v) is 9.75. The van der Waals surface area contributed by atoms with Gasteiger partial charge in [-0.3, -0.25) is 4.79 Å². The van der Waals surface area contributed by atoms with E-state index in [9.17, 15) is 18.0 Å². The summed E-state index contributed by atoms with van der Waals surface area (Å²) in [6.07, 6.45) is -2.00. The molecule has 0 radical (unpaired) electrons. The normalized spacial score (nSPS) is 14.4. The molecule has 12 heteroatoms. The smallest absolute Gasteiger partial charge is 0.433 e. The lowest BCUT2D eigenvalue weighted by Gasteiger charge is -2.32. The first-order chi connectivity index (χ1) is 18.2. The van der Waals surface area contributed by atoms with Gasteiger partial charge in [-0.25, -0.2) is 15.0 Å². The zero-order valence-electron chi connectivity index (χ0n) is 19.8. The molecule has 0 aliphatic carbocycles. The van der Waals surface area contributed by atoms with Gasteiger partial charge in [0.2, 0.25) is 11.8 Å². The van der Waals surface area contributed by atoms with Gasteiger partial charge in [-0.2, -0.15) is 18.4 Å². The molecule has 0 unspecified atom stereocenters. The van der Waals surface area contributed by atoms with E-state index in [0.717, 1.165) is 12.3 Å². The molecule has 1 aliphatic rings. The molecule has 1 N–H and O–H groups in total. The van der Waals surface area contributed by atoms with E-state index in [1.807, 2.05) is 0 Å². The highest BCUT2D eigenvalue weighted by molar-refractivity contribution is 9.10. The molecule has 4 aromatic rings. The standard InChI is InChI=1S/C26H20BrF3N6O2/c27-19-11-16(13-31)12-20-22(19)38-24(34-20)18-3-1-17(2-4-18)23(37)33-14-15-6-9-36(10-7-15)25-32-8-5-21(35-25)26(28,29)30/h1-5,8,11-12,15H,6-7,9-10,14H2,(H,33,37). The number of hydrogen-bond donors (Lipinski definition) is 1. The van der Waals surface area contributed by atoms with Crippen molar-refractivity contribution < 1.29 is 22.4 Å². The van der Waals surface area contributed by atoms with E-state index in [-0.39, 0.29) is 17.8 Å². The molecule has 1 aliphatic heterocycles. The second-order valence-electron chi connectivity index (χ2n) is 8.89. The number of halogens is 4. The van der Waals surface area contributed by atoms with Gasteiger partial charge < -0.3 is 14.6 Å². The van der Waals surface area contributed by atoms with Gasteiger partial charge in [0.25, 0.3) is 5.91 Å². The van der Waals surface area contributed by atoms with Gasteiger partial charge >= 0.3 is 6.18 Å². The Balaban J connectivity index is 1.16. The average molecular weight is 585 g/mol. The third-order valence-corrected chi connectivity index (χ3v) is 6.94. The summed E-state index contributed by atoms with van der Waals surface area (Å²) in [5, 5.41) is 12.1. The first-order valence-electron chi connectivity index (χ1n) is 11.8. The molecule has 3 heterocycles. The van der Waals surface area contributed by atoms with Gasteiger partial charge in [0.05, 0.1) is 16.1 Å². The SMILES string of the molecule is N#Cc1cc(Br)c2oc(-c3ccc(C(=O)NCC4CCN(c5nccc(C(F)(F)F)n5)CC4)cc3)nc2c1. The third kappa shape index (κ3) is 5.47. The summed E-state index contributed by atoms with van der Waals surface area (Å²) in [6.45, 7) is 1.47. The quantitative estimate of drug-likeness (QED) is 0.326. The summed E-state index contributed by atoms with van der Waals surface area (Å²) in [7, 11) is 0. The highest BCUT2D eigenvalue weighted by Gasteiger charge is 2.33. The number of benzene rings is 2. The van der Waals surface area contributed by atoms with E-state index in [2.05, 4.69) is 42.3 Å². The molecule has 5 rings (SSSR count). The minimum Gasteiger partial charge on any atom is -0.435 e. The zero-order chi connectivity index (χ0) is 26.9. The summed E-state index contributed by atoms with van der Waals surface area (Å²) in [5.74, 6) is 0.411. The Hall–Kier alpha value is -3.98. The zero-order valence-corrected chi connectivity index (χ0v) is 21.4. The fourth-order valence-corrected chi connectivity index (χ4v) is 4.81. The van der Waals surface area contributed by atoms with Crippen LogP contribution < -0.4 is 10.2 Å². The number of fused-ring (bicyclic) bond motifs is 1. The van der Waals surface area contributed by atoms with E-state index < -0.39 is 11.9 Å². The predicted octanol–water partition coefficient (Wildman–Crippen LogP) is 5.58. The fraction of sp³-hybridized carbons (Fsp3) is 0.269. The van der Waals surface area contributed by atoms with Crippen molar-refractivity contribution in [3.63, 3.8) is 0 Å². The number of hydrogen-bond acceptors (Lipinski definition) is 7. The van der Waals surface area contributed by atoms with Crippen LogP contribution in [-0.4, -0.2) is 40.5 Å². The second kappa shape index (κ2) is 10.4. The number of nitriles is 1. The molecule has 2 aromatic carbocycles. The molecule has 1 saturated heterocycles. The van der Waals surface area contributed by atoms with E-state index in [1.54, 1.807) is 41.3 Å². The number of oxazole rings is 1. The van der Waals surface area contributed by atoms with Crippen LogP contribution in [0.4, 0.5) is 19.1 Å². The maximum Gasteiger partial charge on any atom is 0.433 e. The van der Waals surface area contributed by atoms with E-state index >= 15 is 0 Å². The highest BCUT2D eigenvalue weighted by atomic mass is 79.9. The number of carbonyl (C=O) groups excluding carboxylic acids is 1. The molecule has 1 fully saturated rings. The van der Waals surface area contributed by atoms with Crippen LogP contribution in [0.5, 0.6) is 0 Å². The minimum atomic E-state index is -4.51. The summed E-state index contributed by atoms with van der Waals surface area (Å²) >= 11 is 3.39. The number of nitrogens with zero attached hydrogens (tertiary/aromatic N) is 5. The number of carbonyl (C=O) groups is 1. The van der Waals surface area contributed by atoms with Gasteiger partial charge in [0.15, 0.2) is 5.58 Å². The lowest BCUT2D eigenvalue weighted by molar-refractivity contribution is -0.141. The highest BCUT2D eigenvalue weighted by Crippen LogP contribution is 2.31. The molecule has 38 heavy (non-hydrogen) atoms. The maximum atomic E-state index is 12.9. The van der Waals surface area contributed by atoms with Gasteiger partial charge in [0.1, 0.15) is 11.2 Å². The topological polar surface area (TPSA) is 108 Å². The molecule has 8 nitrogen and oxygen atoms in total. The number of alkyl halides is 3. The first-order valence-corrected chi connectivity index (χ1v) is 12.5. The van der Waals surface area contributed by atoms with Crippen molar-refractivity contribution in [2.75, 3.05) is 24.5 Å². The fourth-order valence-electron chi connectivity index (χ4n) is 4.28. The first kappa shape index (κ1) is 25.7. The molecule has 0 spiro atoms. The van der Waals surface area contributed by atoms with Gasteiger partial charge in [0, 0.05) is 37.0 Å². The van der Waals surface area contributed by atoms with Crippen LogP contribution in [0.25, 0.3) is 22.6 Å². The lowest BCUT2D eigenvalue weighted by Crippen LogP contribution is -2.39. The van der Waals surface area contributed by atoms with Crippen molar-refractivity contribution in [1.29, 1.82) is 5.26 Å². The summed E-state index contributed by atoms with van der Waals surface area (Å²) < 4.78 is 45.3. The predicted molar refractivity (Wildman–Crippen MR) is 136 cm³/mol. The lowest BCUT2D eigenvalue weighted by atomic mass is 9.97. The Labute approximate surface area is 223 Å². The van der Waals surface area contributed by atoms with Crippen LogP contribution >= 0.6 is 15.9 Å².